The monoisotopic (exact) mass is 272 g/mol. The highest BCUT2D eigenvalue weighted by molar-refractivity contribution is 9.09. The molecule has 2 nitrogen and oxygen atoms in total. The molecule has 0 amide bonds. The summed E-state index contributed by atoms with van der Waals surface area (Å²) in [6.07, 6.45) is 8.66. The second-order valence-corrected chi connectivity index (χ2v) is 5.24. The van der Waals surface area contributed by atoms with Crippen LogP contribution in [0.2, 0.25) is 0 Å². The largest absolute Gasteiger partial charge is 0.465 e. The fourth-order valence-corrected chi connectivity index (χ4v) is 2.92. The number of fused-ring (bicyclic) bond motifs is 2. The number of carbonyl (C=O) groups excluding carboxylic acids is 1. The molecule has 1 saturated carbocycles. The lowest BCUT2D eigenvalue weighted by molar-refractivity contribution is -0.149. The smallest absolute Gasteiger partial charge is 0.309 e. The molecular formula is C12H17BrO2. The third kappa shape index (κ3) is 2.63. The van der Waals surface area contributed by atoms with Crippen LogP contribution >= 0.6 is 15.9 Å². The van der Waals surface area contributed by atoms with Gasteiger partial charge in [-0.3, -0.25) is 4.79 Å². The molecule has 0 aromatic heterocycles. The Bertz CT molecular complexity index is 262. The van der Waals surface area contributed by atoms with Crippen LogP contribution < -0.4 is 0 Å². The quantitative estimate of drug-likeness (QED) is 0.333. The molecule has 3 heteroatoms. The van der Waals surface area contributed by atoms with E-state index in [9.17, 15) is 4.79 Å². The third-order valence-electron chi connectivity index (χ3n) is 3.35. The van der Waals surface area contributed by atoms with Crippen LogP contribution in [0, 0.1) is 17.8 Å². The summed E-state index contributed by atoms with van der Waals surface area (Å²) in [7, 11) is 0. The Kier molecular flexibility index (Phi) is 3.84. The van der Waals surface area contributed by atoms with E-state index in [-0.39, 0.29) is 11.9 Å². The van der Waals surface area contributed by atoms with Gasteiger partial charge in [0.2, 0.25) is 0 Å². The summed E-state index contributed by atoms with van der Waals surface area (Å²) in [5.41, 5.74) is 0. The van der Waals surface area contributed by atoms with Crippen LogP contribution in [-0.4, -0.2) is 17.9 Å². The zero-order valence-corrected chi connectivity index (χ0v) is 10.4. The summed E-state index contributed by atoms with van der Waals surface area (Å²) in [6.45, 7) is 0.585. The zero-order chi connectivity index (χ0) is 10.7. The molecule has 1 fully saturated rings. The minimum atomic E-state index is 0.0291. The van der Waals surface area contributed by atoms with Crippen LogP contribution in [0.3, 0.4) is 0 Å². The Morgan fingerprint density at radius 1 is 1.33 bits per heavy atom. The number of alkyl halides is 1. The molecule has 0 radical (unpaired) electrons. The SMILES string of the molecule is O=C(OCCCCBr)[C@@H]1C[C@H]2C=C[C@H]1C2. The predicted molar refractivity (Wildman–Crippen MR) is 62.8 cm³/mol. The van der Waals surface area contributed by atoms with Crippen LogP contribution in [0.5, 0.6) is 0 Å². The van der Waals surface area contributed by atoms with Crippen molar-refractivity contribution < 1.29 is 9.53 Å². The van der Waals surface area contributed by atoms with Crippen LogP contribution in [-0.2, 0) is 9.53 Å². The number of rotatable bonds is 5. The van der Waals surface area contributed by atoms with Gasteiger partial charge in [-0.25, -0.2) is 0 Å². The van der Waals surface area contributed by atoms with Crippen molar-refractivity contribution >= 4 is 21.9 Å². The molecule has 2 aliphatic carbocycles. The minimum Gasteiger partial charge on any atom is -0.465 e. The molecule has 0 heterocycles. The van der Waals surface area contributed by atoms with Crippen LogP contribution in [0.15, 0.2) is 12.2 Å². The second-order valence-electron chi connectivity index (χ2n) is 4.45. The normalized spacial score (nSPS) is 32.2. The molecule has 0 aromatic rings. The van der Waals surface area contributed by atoms with Gasteiger partial charge < -0.3 is 4.74 Å². The molecule has 2 rings (SSSR count). The maximum Gasteiger partial charge on any atom is 0.309 e. The van der Waals surface area contributed by atoms with Gasteiger partial charge in [0, 0.05) is 5.33 Å². The fraction of sp³-hybridized carbons (Fsp3) is 0.750. The zero-order valence-electron chi connectivity index (χ0n) is 8.82. The van der Waals surface area contributed by atoms with Crippen molar-refractivity contribution in [2.24, 2.45) is 17.8 Å². The lowest BCUT2D eigenvalue weighted by Gasteiger charge is -2.16. The summed E-state index contributed by atoms with van der Waals surface area (Å²) in [5.74, 6) is 1.30. The topological polar surface area (TPSA) is 26.3 Å². The molecular weight excluding hydrogens is 256 g/mol. The van der Waals surface area contributed by atoms with Gasteiger partial charge in [-0.2, -0.15) is 0 Å². The predicted octanol–water partition coefficient (Wildman–Crippen LogP) is 2.92. The molecule has 0 aromatic carbocycles. The van der Waals surface area contributed by atoms with Gasteiger partial charge in [0.15, 0.2) is 0 Å². The van der Waals surface area contributed by atoms with Crippen LogP contribution in [0.1, 0.15) is 25.7 Å². The van der Waals surface area contributed by atoms with Crippen molar-refractivity contribution in [1.82, 2.24) is 0 Å². The fourth-order valence-electron chi connectivity index (χ4n) is 2.53. The average Bonchev–Trinajstić information content (AvgIpc) is 2.85. The Morgan fingerprint density at radius 2 is 2.20 bits per heavy atom. The maximum atomic E-state index is 11.7. The Hall–Kier alpha value is -0.310. The molecule has 15 heavy (non-hydrogen) atoms. The van der Waals surface area contributed by atoms with E-state index in [1.165, 1.54) is 6.42 Å². The highest BCUT2D eigenvalue weighted by Crippen LogP contribution is 2.43. The van der Waals surface area contributed by atoms with Crippen molar-refractivity contribution in [3.8, 4) is 0 Å². The standard InChI is InChI=1S/C12H17BrO2/c13-5-1-2-6-15-12(14)11-8-9-3-4-10(11)7-9/h3-4,9-11H,1-2,5-8H2/t9-,10-,11+/m0/s1. The Morgan fingerprint density at radius 3 is 2.80 bits per heavy atom. The van der Waals surface area contributed by atoms with Crippen molar-refractivity contribution in [2.75, 3.05) is 11.9 Å². The molecule has 3 atom stereocenters. The average molecular weight is 273 g/mol. The summed E-state index contributed by atoms with van der Waals surface area (Å²) in [4.78, 5) is 11.7. The molecule has 2 bridgehead atoms. The lowest BCUT2D eigenvalue weighted by Crippen LogP contribution is -2.22. The van der Waals surface area contributed by atoms with Gasteiger partial charge in [-0.05, 0) is 37.5 Å². The van der Waals surface area contributed by atoms with Gasteiger partial charge in [0.05, 0.1) is 12.5 Å². The van der Waals surface area contributed by atoms with E-state index >= 15 is 0 Å². The number of ether oxygens (including phenoxy) is 1. The molecule has 0 spiro atoms. The van der Waals surface area contributed by atoms with E-state index in [0.29, 0.717) is 18.4 Å². The van der Waals surface area contributed by atoms with E-state index in [2.05, 4.69) is 28.1 Å². The van der Waals surface area contributed by atoms with Gasteiger partial charge >= 0.3 is 5.97 Å². The molecule has 0 unspecified atom stereocenters. The molecule has 0 aliphatic heterocycles. The van der Waals surface area contributed by atoms with Gasteiger partial charge in [0.1, 0.15) is 0 Å². The van der Waals surface area contributed by atoms with Gasteiger partial charge in [0.25, 0.3) is 0 Å². The van der Waals surface area contributed by atoms with Crippen LogP contribution in [0.4, 0.5) is 0 Å². The number of halogens is 1. The van der Waals surface area contributed by atoms with E-state index in [0.717, 1.165) is 24.6 Å². The molecule has 2 aliphatic rings. The first-order chi connectivity index (χ1) is 7.31. The highest BCUT2D eigenvalue weighted by Gasteiger charge is 2.40. The van der Waals surface area contributed by atoms with E-state index in [1.54, 1.807) is 0 Å². The summed E-state index contributed by atoms with van der Waals surface area (Å²) in [5, 5.41) is 0.988. The summed E-state index contributed by atoms with van der Waals surface area (Å²) in [6, 6.07) is 0. The van der Waals surface area contributed by atoms with Crippen molar-refractivity contribution in [1.29, 1.82) is 0 Å². The highest BCUT2D eigenvalue weighted by atomic mass is 79.9. The van der Waals surface area contributed by atoms with E-state index < -0.39 is 0 Å². The number of allylic oxidation sites excluding steroid dienone is 2. The lowest BCUT2D eigenvalue weighted by atomic mass is 9.94. The Labute approximate surface area is 99.2 Å². The van der Waals surface area contributed by atoms with Crippen molar-refractivity contribution in [3.05, 3.63) is 12.2 Å². The number of esters is 1. The number of hydrogen-bond acceptors (Lipinski definition) is 2. The van der Waals surface area contributed by atoms with Gasteiger partial charge in [-0.1, -0.05) is 28.1 Å². The van der Waals surface area contributed by atoms with Crippen molar-refractivity contribution in [3.63, 3.8) is 0 Å². The molecule has 0 saturated heterocycles. The van der Waals surface area contributed by atoms with Crippen LogP contribution in [0.25, 0.3) is 0 Å². The first kappa shape index (κ1) is 11.2. The number of hydrogen-bond donors (Lipinski definition) is 0. The van der Waals surface area contributed by atoms with Crippen molar-refractivity contribution in [2.45, 2.75) is 25.7 Å². The van der Waals surface area contributed by atoms with Gasteiger partial charge in [-0.15, -0.1) is 0 Å². The summed E-state index contributed by atoms with van der Waals surface area (Å²) >= 11 is 3.36. The second kappa shape index (κ2) is 5.15. The summed E-state index contributed by atoms with van der Waals surface area (Å²) < 4.78 is 5.29. The number of unbranched alkanes of at least 4 members (excludes halogenated alkanes) is 1. The molecule has 0 N–H and O–H groups in total. The third-order valence-corrected chi connectivity index (χ3v) is 3.91. The maximum absolute atomic E-state index is 11.7. The molecule has 84 valence electrons. The Balaban J connectivity index is 1.70. The first-order valence-electron chi connectivity index (χ1n) is 5.72. The van der Waals surface area contributed by atoms with E-state index in [4.69, 9.17) is 4.74 Å². The number of carbonyl (C=O) groups is 1. The van der Waals surface area contributed by atoms with E-state index in [1.807, 2.05) is 0 Å². The first-order valence-corrected chi connectivity index (χ1v) is 6.84. The minimum absolute atomic E-state index is 0.0291.